The molecular weight excluding hydrogens is 230 g/mol. The van der Waals surface area contributed by atoms with Gasteiger partial charge in [0, 0.05) is 13.2 Å². The number of rotatable bonds is 5. The molecule has 0 spiro atoms. The molecule has 2 N–H and O–H groups in total. The lowest BCUT2D eigenvalue weighted by Crippen LogP contribution is -2.31. The van der Waals surface area contributed by atoms with Crippen molar-refractivity contribution in [2.75, 3.05) is 17.5 Å². The number of aryl methyl sites for hydroxylation is 1. The van der Waals surface area contributed by atoms with Gasteiger partial charge in [-0.15, -0.1) is 0 Å². The highest BCUT2D eigenvalue weighted by atomic mass is 32.2. The van der Waals surface area contributed by atoms with Crippen LogP contribution >= 0.6 is 0 Å². The van der Waals surface area contributed by atoms with E-state index >= 15 is 0 Å². The first kappa shape index (κ1) is 13.0. The molecule has 0 saturated heterocycles. The van der Waals surface area contributed by atoms with Gasteiger partial charge in [-0.3, -0.25) is 4.55 Å². The molecule has 0 saturated carbocycles. The van der Waals surface area contributed by atoms with Crippen LogP contribution in [0.25, 0.3) is 0 Å². The molecule has 5 nitrogen and oxygen atoms in total. The number of hydrogen-bond donors (Lipinski definition) is 2. The molecule has 0 radical (unpaired) electrons. The molecule has 0 aliphatic rings. The maximum Gasteiger partial charge on any atom is 0.359 e. The third kappa shape index (κ3) is 3.48. The summed E-state index contributed by atoms with van der Waals surface area (Å²) in [6.07, 6.45) is 0.271. The van der Waals surface area contributed by atoms with E-state index < -0.39 is 10.3 Å². The number of benzene rings is 1. The molecule has 90 valence electrons. The van der Waals surface area contributed by atoms with E-state index in [-0.39, 0.29) is 19.6 Å². The summed E-state index contributed by atoms with van der Waals surface area (Å²) in [6, 6.07) is 6.74. The largest absolute Gasteiger partial charge is 0.396 e. The number of nitrogens with zero attached hydrogens (tertiary/aromatic N) is 1. The number of hydrogen-bond acceptors (Lipinski definition) is 3. The van der Waals surface area contributed by atoms with Crippen LogP contribution in [0.1, 0.15) is 12.0 Å². The summed E-state index contributed by atoms with van der Waals surface area (Å²) in [4.78, 5) is 0. The fourth-order valence-corrected chi connectivity index (χ4v) is 2.05. The van der Waals surface area contributed by atoms with Crippen molar-refractivity contribution in [1.29, 1.82) is 0 Å². The Morgan fingerprint density at radius 1 is 1.25 bits per heavy atom. The molecule has 16 heavy (non-hydrogen) atoms. The smallest absolute Gasteiger partial charge is 0.359 e. The Labute approximate surface area is 95.2 Å². The topological polar surface area (TPSA) is 77.8 Å². The number of aliphatic hydroxyl groups excluding tert-OH is 1. The van der Waals surface area contributed by atoms with Crippen LogP contribution in [0.5, 0.6) is 0 Å². The van der Waals surface area contributed by atoms with Gasteiger partial charge in [-0.05, 0) is 25.5 Å². The predicted molar refractivity (Wildman–Crippen MR) is 61.8 cm³/mol. The van der Waals surface area contributed by atoms with Crippen molar-refractivity contribution in [3.05, 3.63) is 29.8 Å². The Balaban J connectivity index is 2.97. The highest BCUT2D eigenvalue weighted by Gasteiger charge is 2.18. The maximum atomic E-state index is 11.1. The zero-order valence-corrected chi connectivity index (χ0v) is 9.81. The van der Waals surface area contributed by atoms with Gasteiger partial charge >= 0.3 is 10.3 Å². The second kappa shape index (κ2) is 5.29. The van der Waals surface area contributed by atoms with Crippen molar-refractivity contribution in [3.8, 4) is 0 Å². The van der Waals surface area contributed by atoms with Crippen LogP contribution in [-0.4, -0.2) is 31.2 Å². The molecular formula is C10H15NO4S. The minimum Gasteiger partial charge on any atom is -0.396 e. The zero-order chi connectivity index (χ0) is 12.2. The van der Waals surface area contributed by atoms with Crippen molar-refractivity contribution in [2.45, 2.75) is 13.3 Å². The number of aliphatic hydroxyl groups is 1. The SMILES string of the molecule is Cc1ccc(N(CCCO)S(=O)(=O)O)cc1. The van der Waals surface area contributed by atoms with Gasteiger partial charge in [0.2, 0.25) is 0 Å². The monoisotopic (exact) mass is 245 g/mol. The standard InChI is InChI=1S/C10H15NO4S/c1-9-3-5-10(6-4-9)11(7-2-8-12)16(13,14)15/h3-6,12H,2,7-8H2,1H3,(H,13,14,15). The summed E-state index contributed by atoms with van der Waals surface area (Å²) >= 11 is 0. The third-order valence-electron chi connectivity index (χ3n) is 2.12. The molecule has 0 bridgehead atoms. The molecule has 0 aliphatic heterocycles. The van der Waals surface area contributed by atoms with E-state index in [9.17, 15) is 8.42 Å². The maximum absolute atomic E-state index is 11.1. The molecule has 0 atom stereocenters. The molecule has 0 unspecified atom stereocenters. The summed E-state index contributed by atoms with van der Waals surface area (Å²) in [5.41, 5.74) is 1.39. The van der Waals surface area contributed by atoms with Gasteiger partial charge in [0.1, 0.15) is 0 Å². The normalized spacial score (nSPS) is 11.4. The van der Waals surface area contributed by atoms with Gasteiger partial charge in [0.15, 0.2) is 0 Å². The molecule has 0 aliphatic carbocycles. The van der Waals surface area contributed by atoms with Crippen LogP contribution in [0, 0.1) is 6.92 Å². The second-order valence-corrected chi connectivity index (χ2v) is 4.80. The summed E-state index contributed by atoms with van der Waals surface area (Å²) in [6.45, 7) is 1.81. The molecule has 0 fully saturated rings. The highest BCUT2D eigenvalue weighted by molar-refractivity contribution is 7.87. The lowest BCUT2D eigenvalue weighted by molar-refractivity contribution is 0.291. The van der Waals surface area contributed by atoms with E-state index in [1.807, 2.05) is 6.92 Å². The van der Waals surface area contributed by atoms with Crippen molar-refractivity contribution < 1.29 is 18.1 Å². The Morgan fingerprint density at radius 2 is 1.81 bits per heavy atom. The average Bonchev–Trinajstić information content (AvgIpc) is 2.19. The van der Waals surface area contributed by atoms with Crippen LogP contribution in [0.2, 0.25) is 0 Å². The molecule has 0 aromatic heterocycles. The van der Waals surface area contributed by atoms with Crippen molar-refractivity contribution in [3.63, 3.8) is 0 Å². The van der Waals surface area contributed by atoms with Crippen molar-refractivity contribution in [1.82, 2.24) is 0 Å². The lowest BCUT2D eigenvalue weighted by atomic mass is 10.2. The first-order valence-electron chi connectivity index (χ1n) is 4.88. The van der Waals surface area contributed by atoms with E-state index in [0.717, 1.165) is 9.87 Å². The lowest BCUT2D eigenvalue weighted by Gasteiger charge is -2.20. The van der Waals surface area contributed by atoms with Crippen LogP contribution in [0.4, 0.5) is 5.69 Å². The Hall–Kier alpha value is -1.11. The van der Waals surface area contributed by atoms with Crippen molar-refractivity contribution in [2.24, 2.45) is 0 Å². The Morgan fingerprint density at radius 3 is 2.25 bits per heavy atom. The first-order chi connectivity index (χ1) is 7.45. The molecule has 6 heteroatoms. The summed E-state index contributed by atoms with van der Waals surface area (Å²) < 4.78 is 32.2. The zero-order valence-electron chi connectivity index (χ0n) is 9.00. The molecule has 1 rings (SSSR count). The summed E-state index contributed by atoms with van der Waals surface area (Å²) in [5.74, 6) is 0. The summed E-state index contributed by atoms with van der Waals surface area (Å²) in [7, 11) is -4.28. The second-order valence-electron chi connectivity index (χ2n) is 3.46. The van der Waals surface area contributed by atoms with Crippen molar-refractivity contribution >= 4 is 16.0 Å². The van der Waals surface area contributed by atoms with Crippen LogP contribution in [-0.2, 0) is 10.3 Å². The number of anilines is 1. The third-order valence-corrected chi connectivity index (χ3v) is 3.07. The van der Waals surface area contributed by atoms with E-state index in [4.69, 9.17) is 9.66 Å². The van der Waals surface area contributed by atoms with Gasteiger partial charge in [0.25, 0.3) is 0 Å². The quantitative estimate of drug-likeness (QED) is 0.758. The van der Waals surface area contributed by atoms with Crippen LogP contribution < -0.4 is 4.31 Å². The van der Waals surface area contributed by atoms with E-state index in [1.165, 1.54) is 0 Å². The highest BCUT2D eigenvalue weighted by Crippen LogP contribution is 2.18. The van der Waals surface area contributed by atoms with E-state index in [0.29, 0.717) is 5.69 Å². The van der Waals surface area contributed by atoms with Gasteiger partial charge in [-0.25, -0.2) is 4.31 Å². The average molecular weight is 245 g/mol. The van der Waals surface area contributed by atoms with Gasteiger partial charge < -0.3 is 5.11 Å². The Bertz CT molecular complexity index is 427. The van der Waals surface area contributed by atoms with Gasteiger partial charge in [0.05, 0.1) is 5.69 Å². The van der Waals surface area contributed by atoms with Gasteiger partial charge in [-0.2, -0.15) is 8.42 Å². The minimum atomic E-state index is -4.28. The molecule has 1 aromatic carbocycles. The Kier molecular flexibility index (Phi) is 4.28. The molecule has 0 amide bonds. The van der Waals surface area contributed by atoms with Crippen LogP contribution in [0.15, 0.2) is 24.3 Å². The van der Waals surface area contributed by atoms with Crippen LogP contribution in [0.3, 0.4) is 0 Å². The fourth-order valence-electron chi connectivity index (χ4n) is 1.30. The molecule has 1 aromatic rings. The summed E-state index contributed by atoms with van der Waals surface area (Å²) in [5, 5.41) is 8.67. The molecule has 0 heterocycles. The minimum absolute atomic E-state index is 0.0540. The van der Waals surface area contributed by atoms with E-state index in [2.05, 4.69) is 0 Å². The van der Waals surface area contributed by atoms with Gasteiger partial charge in [-0.1, -0.05) is 17.7 Å². The predicted octanol–water partition coefficient (Wildman–Crippen LogP) is 0.987. The van der Waals surface area contributed by atoms with E-state index in [1.54, 1.807) is 24.3 Å². The fraction of sp³-hybridized carbons (Fsp3) is 0.400. The first-order valence-corrected chi connectivity index (χ1v) is 6.27.